The first kappa shape index (κ1) is 12.7. The normalized spacial score (nSPS) is 10.1. The lowest BCUT2D eigenvalue weighted by atomic mass is 10.2. The lowest BCUT2D eigenvalue weighted by Crippen LogP contribution is -1.96. The average molecular weight is 283 g/mol. The predicted octanol–water partition coefficient (Wildman–Crippen LogP) is 4.65. The number of nitro groups is 1. The van der Waals surface area contributed by atoms with Crippen LogP contribution in [0.1, 0.15) is 0 Å². The molecule has 0 saturated carbocycles. The van der Waals surface area contributed by atoms with Crippen molar-refractivity contribution in [3.8, 4) is 0 Å². The quantitative estimate of drug-likeness (QED) is 0.659. The van der Waals surface area contributed by atoms with E-state index in [-0.39, 0.29) is 10.7 Å². The number of nitrogens with zero attached hydrogens (tertiary/aromatic N) is 1. The molecule has 0 spiro atoms. The number of halogens is 2. The Morgan fingerprint density at radius 1 is 1.06 bits per heavy atom. The molecule has 0 saturated heterocycles. The minimum absolute atomic E-state index is 0.00338. The summed E-state index contributed by atoms with van der Waals surface area (Å²) in [5.41, 5.74) is 0.903. The van der Waals surface area contributed by atoms with E-state index in [0.717, 1.165) is 5.69 Å². The first-order valence-corrected chi connectivity index (χ1v) is 5.79. The van der Waals surface area contributed by atoms with Crippen LogP contribution >= 0.6 is 23.2 Å². The van der Waals surface area contributed by atoms with Crippen LogP contribution in [0.15, 0.2) is 42.5 Å². The fourth-order valence-corrected chi connectivity index (χ4v) is 2.00. The molecule has 18 heavy (non-hydrogen) atoms. The highest BCUT2D eigenvalue weighted by Gasteiger charge is 2.18. The van der Waals surface area contributed by atoms with Crippen molar-refractivity contribution in [1.29, 1.82) is 0 Å². The summed E-state index contributed by atoms with van der Waals surface area (Å²) in [6.07, 6.45) is 0. The second-order valence-corrected chi connectivity index (χ2v) is 4.29. The predicted molar refractivity (Wildman–Crippen MR) is 72.8 cm³/mol. The Hall–Kier alpha value is -1.78. The highest BCUT2D eigenvalue weighted by Crippen LogP contribution is 2.38. The van der Waals surface area contributed by atoms with Crippen LogP contribution in [0.4, 0.5) is 17.1 Å². The Morgan fingerprint density at radius 3 is 2.33 bits per heavy atom. The summed E-state index contributed by atoms with van der Waals surface area (Å²) in [5, 5.41) is 14.1. The number of benzene rings is 2. The lowest BCUT2D eigenvalue weighted by molar-refractivity contribution is -0.384. The molecule has 0 aromatic heterocycles. The number of para-hydroxylation sites is 1. The summed E-state index contributed by atoms with van der Waals surface area (Å²) in [7, 11) is 0. The van der Waals surface area contributed by atoms with Crippen LogP contribution in [0, 0.1) is 10.1 Å². The van der Waals surface area contributed by atoms with Crippen molar-refractivity contribution >= 4 is 40.3 Å². The van der Waals surface area contributed by atoms with Gasteiger partial charge in [0.2, 0.25) is 0 Å². The van der Waals surface area contributed by atoms with Gasteiger partial charge in [-0.1, -0.05) is 41.4 Å². The molecule has 0 unspecified atom stereocenters. The molecule has 4 nitrogen and oxygen atoms in total. The van der Waals surface area contributed by atoms with Gasteiger partial charge in [0.15, 0.2) is 0 Å². The van der Waals surface area contributed by atoms with Crippen molar-refractivity contribution in [2.24, 2.45) is 0 Å². The molecule has 0 bridgehead atoms. The summed E-state index contributed by atoms with van der Waals surface area (Å²) in [6, 6.07) is 11.9. The number of nitrogens with one attached hydrogen (secondary N) is 1. The van der Waals surface area contributed by atoms with E-state index in [9.17, 15) is 10.1 Å². The maximum Gasteiger partial charge on any atom is 0.290 e. The van der Waals surface area contributed by atoms with Crippen LogP contribution in [0.25, 0.3) is 0 Å². The number of nitro benzene ring substituents is 1. The molecule has 0 radical (unpaired) electrons. The molecule has 0 aliphatic rings. The standard InChI is InChI=1S/C12H8Cl2N2O2/c13-9-6-7-10(16(17)18)11(14)12(9)15-8-4-2-1-3-5-8/h1-7,15H. The molecule has 6 heteroatoms. The van der Waals surface area contributed by atoms with Crippen molar-refractivity contribution in [3.05, 3.63) is 62.6 Å². The first-order valence-electron chi connectivity index (χ1n) is 5.04. The molecule has 2 rings (SSSR count). The van der Waals surface area contributed by atoms with Crippen LogP contribution in [0.5, 0.6) is 0 Å². The molecule has 0 amide bonds. The SMILES string of the molecule is O=[N+]([O-])c1ccc(Cl)c(Nc2ccccc2)c1Cl. The van der Waals surface area contributed by atoms with E-state index < -0.39 is 4.92 Å². The fraction of sp³-hybridized carbons (Fsp3) is 0. The minimum Gasteiger partial charge on any atom is -0.353 e. The third-order valence-corrected chi connectivity index (χ3v) is 3.01. The van der Waals surface area contributed by atoms with Gasteiger partial charge in [-0.2, -0.15) is 0 Å². The molecular formula is C12H8Cl2N2O2. The topological polar surface area (TPSA) is 55.2 Å². The van der Waals surface area contributed by atoms with E-state index in [0.29, 0.717) is 10.7 Å². The summed E-state index contributed by atoms with van der Waals surface area (Å²) >= 11 is 12.0. The van der Waals surface area contributed by atoms with E-state index in [1.165, 1.54) is 12.1 Å². The molecule has 0 heterocycles. The van der Waals surface area contributed by atoms with Gasteiger partial charge in [-0.25, -0.2) is 0 Å². The van der Waals surface area contributed by atoms with Gasteiger partial charge >= 0.3 is 0 Å². The third-order valence-electron chi connectivity index (χ3n) is 2.31. The molecule has 92 valence electrons. The average Bonchev–Trinajstić information content (AvgIpc) is 2.35. The second kappa shape index (κ2) is 5.25. The van der Waals surface area contributed by atoms with Crippen LogP contribution < -0.4 is 5.32 Å². The van der Waals surface area contributed by atoms with Gasteiger partial charge in [0, 0.05) is 11.8 Å². The largest absolute Gasteiger partial charge is 0.353 e. The molecule has 0 fully saturated rings. The van der Waals surface area contributed by atoms with Crippen LogP contribution in [0.2, 0.25) is 10.0 Å². The maximum atomic E-state index is 10.8. The number of rotatable bonds is 3. The molecule has 2 aromatic carbocycles. The Kier molecular flexibility index (Phi) is 3.69. The maximum absolute atomic E-state index is 10.8. The van der Waals surface area contributed by atoms with Crippen molar-refractivity contribution in [2.75, 3.05) is 5.32 Å². The zero-order valence-corrected chi connectivity index (χ0v) is 10.6. The second-order valence-electron chi connectivity index (χ2n) is 3.50. The van der Waals surface area contributed by atoms with E-state index in [2.05, 4.69) is 5.32 Å². The molecular weight excluding hydrogens is 275 g/mol. The summed E-state index contributed by atoms with van der Waals surface area (Å²) in [6.45, 7) is 0. The molecule has 1 N–H and O–H groups in total. The molecule has 0 atom stereocenters. The Balaban J connectivity index is 2.44. The van der Waals surface area contributed by atoms with E-state index in [1.54, 1.807) is 0 Å². The monoisotopic (exact) mass is 282 g/mol. The Labute approximate surface area is 113 Å². The molecule has 0 aliphatic carbocycles. The summed E-state index contributed by atoms with van der Waals surface area (Å²) < 4.78 is 0. The zero-order chi connectivity index (χ0) is 13.1. The van der Waals surface area contributed by atoms with E-state index in [4.69, 9.17) is 23.2 Å². The summed E-state index contributed by atoms with van der Waals surface area (Å²) in [4.78, 5) is 10.2. The van der Waals surface area contributed by atoms with Gasteiger partial charge in [0.25, 0.3) is 5.69 Å². The van der Waals surface area contributed by atoms with Crippen LogP contribution in [-0.2, 0) is 0 Å². The highest BCUT2D eigenvalue weighted by atomic mass is 35.5. The van der Waals surface area contributed by atoms with Crippen molar-refractivity contribution in [2.45, 2.75) is 0 Å². The van der Waals surface area contributed by atoms with E-state index in [1.807, 2.05) is 30.3 Å². The number of anilines is 2. The fourth-order valence-electron chi connectivity index (χ4n) is 1.46. The van der Waals surface area contributed by atoms with Gasteiger partial charge in [-0.15, -0.1) is 0 Å². The van der Waals surface area contributed by atoms with E-state index >= 15 is 0 Å². The molecule has 2 aromatic rings. The van der Waals surface area contributed by atoms with Gasteiger partial charge < -0.3 is 5.32 Å². The van der Waals surface area contributed by atoms with Gasteiger partial charge in [0.05, 0.1) is 15.6 Å². The van der Waals surface area contributed by atoms with Crippen molar-refractivity contribution < 1.29 is 4.92 Å². The minimum atomic E-state index is -0.547. The highest BCUT2D eigenvalue weighted by molar-refractivity contribution is 6.40. The summed E-state index contributed by atoms with van der Waals surface area (Å²) in [5.74, 6) is 0. The van der Waals surface area contributed by atoms with Gasteiger partial charge in [0.1, 0.15) is 5.02 Å². The van der Waals surface area contributed by atoms with Gasteiger partial charge in [-0.3, -0.25) is 10.1 Å². The molecule has 0 aliphatic heterocycles. The zero-order valence-electron chi connectivity index (χ0n) is 9.06. The lowest BCUT2D eigenvalue weighted by Gasteiger charge is -2.10. The Morgan fingerprint density at radius 2 is 1.72 bits per heavy atom. The van der Waals surface area contributed by atoms with Crippen LogP contribution in [-0.4, -0.2) is 4.92 Å². The van der Waals surface area contributed by atoms with Crippen molar-refractivity contribution in [3.63, 3.8) is 0 Å². The Bertz CT molecular complexity index is 588. The van der Waals surface area contributed by atoms with Crippen LogP contribution in [0.3, 0.4) is 0 Å². The third kappa shape index (κ3) is 2.55. The first-order chi connectivity index (χ1) is 8.59. The van der Waals surface area contributed by atoms with Gasteiger partial charge in [-0.05, 0) is 18.2 Å². The van der Waals surface area contributed by atoms with Crippen molar-refractivity contribution in [1.82, 2.24) is 0 Å². The number of hydrogen-bond acceptors (Lipinski definition) is 3. The number of hydrogen-bond donors (Lipinski definition) is 1. The smallest absolute Gasteiger partial charge is 0.290 e.